The molecule has 0 aliphatic heterocycles. The molecule has 0 amide bonds. The molecule has 0 heterocycles. The van der Waals surface area contributed by atoms with Crippen molar-refractivity contribution in [3.63, 3.8) is 0 Å². The van der Waals surface area contributed by atoms with Crippen molar-refractivity contribution in [2.45, 2.75) is 111 Å². The van der Waals surface area contributed by atoms with E-state index in [1.165, 1.54) is 93.7 Å². The van der Waals surface area contributed by atoms with E-state index < -0.39 is 0 Å². The fraction of sp³-hybridized carbons (Fsp3) is 0.739. The SMILES string of the molecule is CCCCCCCCc1cc(CCCC)c(O)c(CCCCC)c1. The van der Waals surface area contributed by atoms with E-state index >= 15 is 0 Å². The molecule has 0 saturated carbocycles. The van der Waals surface area contributed by atoms with Crippen LogP contribution in [0.15, 0.2) is 12.1 Å². The molecule has 0 aliphatic carbocycles. The van der Waals surface area contributed by atoms with Gasteiger partial charge < -0.3 is 5.11 Å². The first kappa shape index (κ1) is 21.1. The van der Waals surface area contributed by atoms with Crippen molar-refractivity contribution < 1.29 is 5.11 Å². The molecule has 0 aromatic heterocycles. The molecule has 1 rings (SSSR count). The quantitative estimate of drug-likeness (QED) is 0.352. The predicted molar refractivity (Wildman–Crippen MR) is 107 cm³/mol. The van der Waals surface area contributed by atoms with Gasteiger partial charge in [-0.25, -0.2) is 0 Å². The second kappa shape index (κ2) is 13.3. The highest BCUT2D eigenvalue weighted by Crippen LogP contribution is 2.28. The zero-order valence-corrected chi connectivity index (χ0v) is 16.5. The van der Waals surface area contributed by atoms with Crippen LogP contribution in [-0.2, 0) is 19.3 Å². The number of rotatable bonds is 14. The molecule has 24 heavy (non-hydrogen) atoms. The van der Waals surface area contributed by atoms with Crippen LogP contribution in [0.25, 0.3) is 0 Å². The van der Waals surface area contributed by atoms with Gasteiger partial charge in [0.1, 0.15) is 5.75 Å². The van der Waals surface area contributed by atoms with Crippen LogP contribution in [0.2, 0.25) is 0 Å². The summed E-state index contributed by atoms with van der Waals surface area (Å²) in [7, 11) is 0. The highest BCUT2D eigenvalue weighted by molar-refractivity contribution is 5.44. The minimum Gasteiger partial charge on any atom is -0.507 e. The summed E-state index contributed by atoms with van der Waals surface area (Å²) in [5.74, 6) is 0.589. The third-order valence-electron chi connectivity index (χ3n) is 5.00. The molecular weight excluding hydrogens is 292 g/mol. The maximum Gasteiger partial charge on any atom is 0.121 e. The minimum absolute atomic E-state index is 0.589. The minimum atomic E-state index is 0.589. The van der Waals surface area contributed by atoms with Crippen molar-refractivity contribution in [1.82, 2.24) is 0 Å². The Morgan fingerprint density at radius 2 is 1.04 bits per heavy atom. The molecule has 0 aliphatic rings. The van der Waals surface area contributed by atoms with Crippen molar-refractivity contribution in [2.24, 2.45) is 0 Å². The molecule has 0 fully saturated rings. The van der Waals surface area contributed by atoms with Gasteiger partial charge in [0.25, 0.3) is 0 Å². The molecule has 1 aromatic carbocycles. The Hall–Kier alpha value is -0.980. The first-order valence-corrected chi connectivity index (χ1v) is 10.6. The molecular formula is C23H40O. The van der Waals surface area contributed by atoms with Gasteiger partial charge in [0.05, 0.1) is 0 Å². The Morgan fingerprint density at radius 3 is 1.67 bits per heavy atom. The van der Waals surface area contributed by atoms with Crippen molar-refractivity contribution in [3.05, 3.63) is 28.8 Å². The first-order chi connectivity index (χ1) is 11.7. The lowest BCUT2D eigenvalue weighted by atomic mass is 9.94. The second-order valence-corrected chi connectivity index (χ2v) is 7.34. The van der Waals surface area contributed by atoms with Gasteiger partial charge in [-0.3, -0.25) is 0 Å². The summed E-state index contributed by atoms with van der Waals surface area (Å²) in [5, 5.41) is 10.6. The first-order valence-electron chi connectivity index (χ1n) is 10.6. The van der Waals surface area contributed by atoms with Gasteiger partial charge in [-0.1, -0.05) is 84.3 Å². The number of unbranched alkanes of at least 4 members (excludes halogenated alkanes) is 8. The molecule has 138 valence electrons. The molecule has 1 aromatic rings. The van der Waals surface area contributed by atoms with Gasteiger partial charge >= 0.3 is 0 Å². The van der Waals surface area contributed by atoms with Gasteiger partial charge in [0.15, 0.2) is 0 Å². The van der Waals surface area contributed by atoms with Crippen LogP contribution in [0.5, 0.6) is 5.75 Å². The maximum absolute atomic E-state index is 10.6. The molecule has 1 N–H and O–H groups in total. The maximum atomic E-state index is 10.6. The number of hydrogen-bond donors (Lipinski definition) is 1. The average molecular weight is 333 g/mol. The predicted octanol–water partition coefficient (Wildman–Crippen LogP) is 7.37. The van der Waals surface area contributed by atoms with E-state index in [9.17, 15) is 5.11 Å². The standard InChI is InChI=1S/C23H40O/c1-4-7-10-11-12-14-15-20-18-21(16-9-6-3)23(24)22(19-20)17-13-8-5-2/h18-19,24H,4-17H2,1-3H3. The number of phenolic OH excluding ortho intramolecular Hbond substituents is 1. The van der Waals surface area contributed by atoms with E-state index in [2.05, 4.69) is 32.9 Å². The topological polar surface area (TPSA) is 20.2 Å². The second-order valence-electron chi connectivity index (χ2n) is 7.34. The number of aryl methyl sites for hydroxylation is 3. The Balaban J connectivity index is 2.65. The summed E-state index contributed by atoms with van der Waals surface area (Å²) in [4.78, 5) is 0. The monoisotopic (exact) mass is 332 g/mol. The lowest BCUT2D eigenvalue weighted by Gasteiger charge is -2.13. The molecule has 0 unspecified atom stereocenters. The van der Waals surface area contributed by atoms with E-state index in [0.717, 1.165) is 12.8 Å². The number of phenols is 1. The molecule has 0 bridgehead atoms. The summed E-state index contributed by atoms with van der Waals surface area (Å²) in [5.41, 5.74) is 3.82. The van der Waals surface area contributed by atoms with Crippen LogP contribution < -0.4 is 0 Å². The van der Waals surface area contributed by atoms with Crippen LogP contribution in [0.1, 0.15) is 108 Å². The van der Waals surface area contributed by atoms with Gasteiger partial charge in [0.2, 0.25) is 0 Å². The fourth-order valence-electron chi connectivity index (χ4n) is 3.40. The summed E-state index contributed by atoms with van der Waals surface area (Å²) in [6.07, 6.45) is 17.4. The average Bonchev–Trinajstić information content (AvgIpc) is 2.59. The normalized spacial score (nSPS) is 11.1. The van der Waals surface area contributed by atoms with Crippen LogP contribution in [0.4, 0.5) is 0 Å². The summed E-state index contributed by atoms with van der Waals surface area (Å²) in [6.45, 7) is 6.73. The van der Waals surface area contributed by atoms with Crippen LogP contribution >= 0.6 is 0 Å². The van der Waals surface area contributed by atoms with Crippen molar-refractivity contribution >= 4 is 0 Å². The van der Waals surface area contributed by atoms with E-state index in [-0.39, 0.29) is 0 Å². The Bertz CT molecular complexity index is 436. The van der Waals surface area contributed by atoms with Gasteiger partial charge in [-0.2, -0.15) is 0 Å². The van der Waals surface area contributed by atoms with Crippen molar-refractivity contribution in [2.75, 3.05) is 0 Å². The van der Waals surface area contributed by atoms with E-state index in [4.69, 9.17) is 0 Å². The van der Waals surface area contributed by atoms with Crippen molar-refractivity contribution in [1.29, 1.82) is 0 Å². The number of benzene rings is 1. The Morgan fingerprint density at radius 1 is 0.583 bits per heavy atom. The largest absolute Gasteiger partial charge is 0.507 e. The molecule has 0 atom stereocenters. The van der Waals surface area contributed by atoms with Crippen LogP contribution in [-0.4, -0.2) is 5.11 Å². The lowest BCUT2D eigenvalue weighted by Crippen LogP contribution is -1.97. The third-order valence-corrected chi connectivity index (χ3v) is 5.00. The van der Waals surface area contributed by atoms with Crippen LogP contribution in [0.3, 0.4) is 0 Å². The van der Waals surface area contributed by atoms with Gasteiger partial charge in [-0.05, 0) is 55.2 Å². The number of aromatic hydroxyl groups is 1. The van der Waals surface area contributed by atoms with E-state index in [1.54, 1.807) is 0 Å². The van der Waals surface area contributed by atoms with E-state index in [0.29, 0.717) is 5.75 Å². The summed E-state index contributed by atoms with van der Waals surface area (Å²) in [6, 6.07) is 4.56. The van der Waals surface area contributed by atoms with E-state index in [1.807, 2.05) is 0 Å². The highest BCUT2D eigenvalue weighted by Gasteiger charge is 2.10. The molecule has 0 radical (unpaired) electrons. The van der Waals surface area contributed by atoms with Gasteiger partial charge in [0, 0.05) is 0 Å². The molecule has 0 spiro atoms. The third kappa shape index (κ3) is 8.22. The van der Waals surface area contributed by atoms with Crippen LogP contribution in [0, 0.1) is 0 Å². The zero-order valence-electron chi connectivity index (χ0n) is 16.5. The summed E-state index contributed by atoms with van der Waals surface area (Å²) >= 11 is 0. The molecule has 1 heteroatoms. The Kier molecular flexibility index (Phi) is 11.7. The van der Waals surface area contributed by atoms with Crippen molar-refractivity contribution in [3.8, 4) is 5.75 Å². The smallest absolute Gasteiger partial charge is 0.121 e. The van der Waals surface area contributed by atoms with Gasteiger partial charge in [-0.15, -0.1) is 0 Å². The molecule has 0 saturated heterocycles. The zero-order chi connectivity index (χ0) is 17.6. The Labute approximate surface area is 150 Å². The fourth-order valence-corrected chi connectivity index (χ4v) is 3.40. The lowest BCUT2D eigenvalue weighted by molar-refractivity contribution is 0.457. The summed E-state index contributed by atoms with van der Waals surface area (Å²) < 4.78 is 0. The highest BCUT2D eigenvalue weighted by atomic mass is 16.3. The molecule has 1 nitrogen and oxygen atoms in total. The number of hydrogen-bond acceptors (Lipinski definition) is 1.